The lowest BCUT2D eigenvalue weighted by Crippen LogP contribution is -2.00. The summed E-state index contributed by atoms with van der Waals surface area (Å²) in [6.45, 7) is 0. The Bertz CT molecular complexity index is 3110. The molecule has 0 saturated heterocycles. The van der Waals surface area contributed by atoms with Crippen LogP contribution in [-0.2, 0) is 0 Å². The second kappa shape index (κ2) is 10.5. The van der Waals surface area contributed by atoms with Crippen molar-refractivity contribution in [2.45, 2.75) is 0 Å². The lowest BCUT2D eigenvalue weighted by molar-refractivity contribution is 0.669. The number of fused-ring (bicyclic) bond motifs is 7. The molecule has 0 aliphatic carbocycles. The van der Waals surface area contributed by atoms with Crippen LogP contribution in [0.4, 0.5) is 0 Å². The van der Waals surface area contributed by atoms with E-state index in [0.717, 1.165) is 54.6 Å². The number of nitrogens with zero attached hydrogens (tertiary/aromatic N) is 4. The number of aromatic nitrogens is 4. The van der Waals surface area contributed by atoms with E-state index < -0.39 is 18.1 Å². The van der Waals surface area contributed by atoms with Crippen LogP contribution in [0.25, 0.3) is 94.4 Å². The molecule has 3 aromatic heterocycles. The van der Waals surface area contributed by atoms with Gasteiger partial charge < -0.3 is 8.98 Å². The molecule has 0 atom stereocenters. The molecule has 0 bridgehead atoms. The SMILES string of the molecule is [2H]c1c([2H])c([2H])c(-c2nc(-c3ccc4oc5cc6ccccc6cc5c4c3)nc(-c3ccc4c5ccccc5n(-c5ccccc5)c4c3)n2)c([2H])c1[2H]. The molecule has 3 heterocycles. The quantitative estimate of drug-likeness (QED) is 0.197. The van der Waals surface area contributed by atoms with E-state index in [4.69, 9.17) is 26.2 Å². The molecule has 0 N–H and O–H groups in total. The normalized spacial score (nSPS) is 13.2. The minimum atomic E-state index is -0.484. The maximum atomic E-state index is 8.77. The number of hydrogen-bond donors (Lipinski definition) is 0. The van der Waals surface area contributed by atoms with Gasteiger partial charge in [-0.05, 0) is 65.4 Å². The third kappa shape index (κ3) is 4.22. The monoisotopic (exact) mass is 619 g/mol. The summed E-state index contributed by atoms with van der Waals surface area (Å²) in [5, 5.41) is 6.14. The van der Waals surface area contributed by atoms with E-state index in [9.17, 15) is 0 Å². The highest BCUT2D eigenvalue weighted by Crippen LogP contribution is 2.37. The highest BCUT2D eigenvalue weighted by molar-refractivity contribution is 6.11. The summed E-state index contributed by atoms with van der Waals surface area (Å²) in [4.78, 5) is 14.6. The maximum absolute atomic E-state index is 8.77. The number of hydrogen-bond acceptors (Lipinski definition) is 4. The molecule has 0 radical (unpaired) electrons. The molecule has 10 rings (SSSR count). The molecule has 0 fully saturated rings. The molecule has 5 heteroatoms. The zero-order chi connectivity index (χ0) is 36.0. The Morgan fingerprint density at radius 3 is 1.90 bits per heavy atom. The van der Waals surface area contributed by atoms with Crippen molar-refractivity contribution in [1.82, 2.24) is 19.5 Å². The minimum absolute atomic E-state index is 0.0196. The topological polar surface area (TPSA) is 56.7 Å². The van der Waals surface area contributed by atoms with Gasteiger partial charge in [0.15, 0.2) is 17.5 Å². The van der Waals surface area contributed by atoms with E-state index in [1.165, 1.54) is 0 Å². The molecule has 10 aromatic rings. The van der Waals surface area contributed by atoms with Gasteiger partial charge in [0.1, 0.15) is 11.2 Å². The first-order valence-electron chi connectivity index (χ1n) is 18.1. The van der Waals surface area contributed by atoms with Crippen molar-refractivity contribution < 1.29 is 11.3 Å². The molecule has 7 aromatic carbocycles. The molecule has 0 spiro atoms. The molecule has 0 unspecified atom stereocenters. The van der Waals surface area contributed by atoms with Crippen molar-refractivity contribution in [3.63, 3.8) is 0 Å². The summed E-state index contributed by atoms with van der Waals surface area (Å²) >= 11 is 0. The zero-order valence-electron chi connectivity index (χ0n) is 30.3. The Morgan fingerprint density at radius 1 is 0.458 bits per heavy atom. The summed E-state index contributed by atoms with van der Waals surface area (Å²) in [7, 11) is 0. The molecule has 5 nitrogen and oxygen atoms in total. The lowest BCUT2D eigenvalue weighted by Gasteiger charge is -2.10. The predicted molar refractivity (Wildman–Crippen MR) is 195 cm³/mol. The van der Waals surface area contributed by atoms with Crippen LogP contribution >= 0.6 is 0 Å². The van der Waals surface area contributed by atoms with Crippen molar-refractivity contribution >= 4 is 54.5 Å². The third-order valence-corrected chi connectivity index (χ3v) is 8.90. The Morgan fingerprint density at radius 2 is 1.08 bits per heavy atom. The van der Waals surface area contributed by atoms with Crippen molar-refractivity contribution in [3.05, 3.63) is 158 Å². The van der Waals surface area contributed by atoms with Crippen LogP contribution in [-0.4, -0.2) is 19.5 Å². The fourth-order valence-electron chi connectivity index (χ4n) is 6.67. The van der Waals surface area contributed by atoms with E-state index in [-0.39, 0.29) is 29.3 Å². The largest absolute Gasteiger partial charge is 0.456 e. The van der Waals surface area contributed by atoms with Crippen molar-refractivity contribution in [3.8, 4) is 39.9 Å². The van der Waals surface area contributed by atoms with Crippen molar-refractivity contribution in [1.29, 1.82) is 0 Å². The lowest BCUT2D eigenvalue weighted by atomic mass is 10.0. The fraction of sp³-hybridized carbons (Fsp3) is 0. The van der Waals surface area contributed by atoms with E-state index >= 15 is 0 Å². The summed E-state index contributed by atoms with van der Waals surface area (Å²) in [6.07, 6.45) is 0. The van der Waals surface area contributed by atoms with E-state index in [1.54, 1.807) is 0 Å². The van der Waals surface area contributed by atoms with Gasteiger partial charge in [0.2, 0.25) is 0 Å². The molecule has 0 aliphatic heterocycles. The summed E-state index contributed by atoms with van der Waals surface area (Å²) in [6, 6.07) is 40.2. The highest BCUT2D eigenvalue weighted by atomic mass is 16.3. The minimum Gasteiger partial charge on any atom is -0.456 e. The molecular weight excluding hydrogens is 589 g/mol. The predicted octanol–water partition coefficient (Wildman–Crippen LogP) is 11.0. The van der Waals surface area contributed by atoms with Crippen LogP contribution in [0.1, 0.15) is 6.85 Å². The zero-order valence-corrected chi connectivity index (χ0v) is 25.3. The molecule has 0 amide bonds. The molecule has 224 valence electrons. The van der Waals surface area contributed by atoms with Crippen molar-refractivity contribution in [2.24, 2.45) is 0 Å². The van der Waals surface area contributed by atoms with Gasteiger partial charge in [-0.3, -0.25) is 0 Å². The fourth-order valence-corrected chi connectivity index (χ4v) is 6.67. The Labute approximate surface area is 282 Å². The van der Waals surface area contributed by atoms with Gasteiger partial charge in [-0.1, -0.05) is 103 Å². The average Bonchev–Trinajstić information content (AvgIpc) is 3.73. The molecule has 48 heavy (non-hydrogen) atoms. The molecule has 0 aliphatic rings. The average molecular weight is 620 g/mol. The van der Waals surface area contributed by atoms with Gasteiger partial charge in [-0.15, -0.1) is 0 Å². The summed E-state index contributed by atoms with van der Waals surface area (Å²) in [5.41, 5.74) is 5.70. The maximum Gasteiger partial charge on any atom is 0.164 e. The van der Waals surface area contributed by atoms with E-state index in [0.29, 0.717) is 22.5 Å². The first-order chi connectivity index (χ1) is 25.8. The first kappa shape index (κ1) is 22.0. The Hall–Kier alpha value is -6.59. The standard InChI is InChI=1S/C43H26N4O/c1-3-11-27(12-4-1)41-44-42(30-20-22-39-35(24-30)36-23-28-13-7-8-14-29(28)26-40(36)48-39)46-43(45-41)31-19-21-34-33-17-9-10-18-37(33)47(38(34)25-31)32-15-5-2-6-16-32/h1-26H/i1D,3D,4D,11D,12D. The molecular formula is C43H26N4O. The van der Waals surface area contributed by atoms with Crippen LogP contribution in [0, 0.1) is 0 Å². The van der Waals surface area contributed by atoms with Gasteiger partial charge in [0, 0.05) is 43.9 Å². The van der Waals surface area contributed by atoms with Crippen LogP contribution in [0.5, 0.6) is 0 Å². The van der Waals surface area contributed by atoms with Crippen LogP contribution in [0.15, 0.2) is 162 Å². The van der Waals surface area contributed by atoms with Crippen LogP contribution < -0.4 is 0 Å². The summed E-state index contributed by atoms with van der Waals surface area (Å²) < 4.78 is 50.9. The summed E-state index contributed by atoms with van der Waals surface area (Å²) in [5.74, 6) is 0.568. The first-order valence-corrected chi connectivity index (χ1v) is 15.6. The highest BCUT2D eigenvalue weighted by Gasteiger charge is 2.17. The van der Waals surface area contributed by atoms with Gasteiger partial charge in [0.25, 0.3) is 0 Å². The van der Waals surface area contributed by atoms with Crippen LogP contribution in [0.3, 0.4) is 0 Å². The second-order valence-electron chi connectivity index (χ2n) is 11.7. The van der Waals surface area contributed by atoms with E-state index in [1.807, 2.05) is 84.9 Å². The number of benzene rings is 7. The van der Waals surface area contributed by atoms with Gasteiger partial charge in [0.05, 0.1) is 17.9 Å². The molecule has 0 saturated carbocycles. The number of para-hydroxylation sites is 2. The van der Waals surface area contributed by atoms with Gasteiger partial charge in [-0.2, -0.15) is 0 Å². The number of rotatable bonds is 4. The smallest absolute Gasteiger partial charge is 0.164 e. The van der Waals surface area contributed by atoms with Gasteiger partial charge >= 0.3 is 0 Å². The second-order valence-corrected chi connectivity index (χ2v) is 11.7. The third-order valence-electron chi connectivity index (χ3n) is 8.90. The van der Waals surface area contributed by atoms with Gasteiger partial charge in [-0.25, -0.2) is 15.0 Å². The Balaban J connectivity index is 1.23. The Kier molecular flexibility index (Phi) is 4.81. The number of furan rings is 1. The van der Waals surface area contributed by atoms with E-state index in [2.05, 4.69) is 47.0 Å². The van der Waals surface area contributed by atoms with Crippen molar-refractivity contribution in [2.75, 3.05) is 0 Å². The van der Waals surface area contributed by atoms with Crippen LogP contribution in [0.2, 0.25) is 0 Å².